The SMILES string of the molecule is [Cu].c1ccc(-c2ccccn2)nc1.c1ccc(-c2ccccn2)nc1. The van der Waals surface area contributed by atoms with E-state index in [1.807, 2.05) is 72.8 Å². The minimum atomic E-state index is 0. The third-order valence-corrected chi connectivity index (χ3v) is 3.18. The van der Waals surface area contributed by atoms with Gasteiger partial charge in [-0.3, -0.25) is 19.9 Å². The summed E-state index contributed by atoms with van der Waals surface area (Å²) in [6.07, 6.45) is 7.07. The minimum Gasteiger partial charge on any atom is -0.255 e. The van der Waals surface area contributed by atoms with Gasteiger partial charge in [0.05, 0.1) is 22.8 Å². The van der Waals surface area contributed by atoms with Crippen molar-refractivity contribution in [1.29, 1.82) is 0 Å². The van der Waals surface area contributed by atoms with E-state index in [0.717, 1.165) is 22.8 Å². The molecule has 0 bridgehead atoms. The fraction of sp³-hybridized carbons (Fsp3) is 0. The van der Waals surface area contributed by atoms with Crippen molar-refractivity contribution in [3.63, 3.8) is 0 Å². The molecule has 4 aromatic rings. The second-order valence-electron chi connectivity index (χ2n) is 4.86. The molecular weight excluding hydrogens is 360 g/mol. The van der Waals surface area contributed by atoms with E-state index in [1.54, 1.807) is 24.8 Å². The first-order valence-corrected chi connectivity index (χ1v) is 7.58. The van der Waals surface area contributed by atoms with E-state index >= 15 is 0 Å². The van der Waals surface area contributed by atoms with Crippen LogP contribution in [0.15, 0.2) is 97.6 Å². The summed E-state index contributed by atoms with van der Waals surface area (Å²) in [6.45, 7) is 0. The van der Waals surface area contributed by atoms with E-state index in [0.29, 0.717) is 0 Å². The topological polar surface area (TPSA) is 51.6 Å². The van der Waals surface area contributed by atoms with Crippen LogP contribution in [0.3, 0.4) is 0 Å². The third-order valence-electron chi connectivity index (χ3n) is 3.18. The van der Waals surface area contributed by atoms with Crippen LogP contribution in [0.1, 0.15) is 0 Å². The molecule has 0 aliphatic rings. The van der Waals surface area contributed by atoms with Crippen molar-refractivity contribution in [3.05, 3.63) is 97.6 Å². The maximum Gasteiger partial charge on any atom is 0.0886 e. The smallest absolute Gasteiger partial charge is 0.0886 e. The molecule has 4 heterocycles. The summed E-state index contributed by atoms with van der Waals surface area (Å²) < 4.78 is 0. The molecule has 127 valence electrons. The molecule has 0 fully saturated rings. The molecule has 25 heavy (non-hydrogen) atoms. The number of rotatable bonds is 2. The normalized spacial score (nSPS) is 9.28. The van der Waals surface area contributed by atoms with Crippen molar-refractivity contribution in [2.45, 2.75) is 0 Å². The van der Waals surface area contributed by atoms with Gasteiger partial charge in [-0.2, -0.15) is 0 Å². The van der Waals surface area contributed by atoms with Crippen LogP contribution in [-0.2, 0) is 17.1 Å². The largest absolute Gasteiger partial charge is 0.255 e. The molecule has 0 spiro atoms. The Kier molecular flexibility index (Phi) is 7.44. The minimum absolute atomic E-state index is 0. The molecule has 0 unspecified atom stereocenters. The van der Waals surface area contributed by atoms with Crippen LogP contribution in [0.2, 0.25) is 0 Å². The van der Waals surface area contributed by atoms with Crippen molar-refractivity contribution in [1.82, 2.24) is 19.9 Å². The summed E-state index contributed by atoms with van der Waals surface area (Å²) in [5.41, 5.74) is 3.66. The average Bonchev–Trinajstić information content (AvgIpc) is 2.71. The first-order chi connectivity index (χ1) is 11.9. The first kappa shape index (κ1) is 18.5. The third kappa shape index (κ3) is 5.60. The van der Waals surface area contributed by atoms with Gasteiger partial charge in [0.15, 0.2) is 0 Å². The van der Waals surface area contributed by atoms with Gasteiger partial charge in [0.2, 0.25) is 0 Å². The van der Waals surface area contributed by atoms with Crippen LogP contribution in [0.5, 0.6) is 0 Å². The Morgan fingerprint density at radius 2 is 0.600 bits per heavy atom. The van der Waals surface area contributed by atoms with E-state index in [2.05, 4.69) is 19.9 Å². The van der Waals surface area contributed by atoms with Crippen molar-refractivity contribution in [2.75, 3.05) is 0 Å². The zero-order valence-corrected chi connectivity index (χ0v) is 14.3. The summed E-state index contributed by atoms with van der Waals surface area (Å²) in [7, 11) is 0. The van der Waals surface area contributed by atoms with Crippen molar-refractivity contribution in [3.8, 4) is 22.8 Å². The second-order valence-corrected chi connectivity index (χ2v) is 4.86. The predicted molar refractivity (Wildman–Crippen MR) is 94.9 cm³/mol. The van der Waals surface area contributed by atoms with Gasteiger partial charge in [0.1, 0.15) is 0 Å². The molecule has 0 aliphatic carbocycles. The monoisotopic (exact) mass is 375 g/mol. The fourth-order valence-corrected chi connectivity index (χ4v) is 2.06. The quantitative estimate of drug-likeness (QED) is 0.490. The van der Waals surface area contributed by atoms with Gasteiger partial charge in [0.25, 0.3) is 0 Å². The Balaban J connectivity index is 0.000000173. The molecule has 4 rings (SSSR count). The molecule has 4 nitrogen and oxygen atoms in total. The number of hydrogen-bond donors (Lipinski definition) is 0. The molecule has 0 aliphatic heterocycles. The molecule has 1 radical (unpaired) electrons. The Morgan fingerprint density at radius 1 is 0.360 bits per heavy atom. The summed E-state index contributed by atoms with van der Waals surface area (Å²) in [6, 6.07) is 23.2. The van der Waals surface area contributed by atoms with E-state index in [-0.39, 0.29) is 17.1 Å². The fourth-order valence-electron chi connectivity index (χ4n) is 2.06. The number of aromatic nitrogens is 4. The Morgan fingerprint density at radius 3 is 0.760 bits per heavy atom. The number of pyridine rings is 4. The van der Waals surface area contributed by atoms with Crippen molar-refractivity contribution < 1.29 is 17.1 Å². The molecular formula is C20H16CuN4. The molecule has 0 saturated heterocycles. The Hall–Kier alpha value is -2.88. The van der Waals surface area contributed by atoms with Crippen LogP contribution in [0.25, 0.3) is 22.8 Å². The van der Waals surface area contributed by atoms with Crippen LogP contribution >= 0.6 is 0 Å². The Bertz CT molecular complexity index is 692. The van der Waals surface area contributed by atoms with Gasteiger partial charge in [-0.05, 0) is 48.5 Å². The van der Waals surface area contributed by atoms with E-state index in [9.17, 15) is 0 Å². The van der Waals surface area contributed by atoms with Gasteiger partial charge >= 0.3 is 0 Å². The summed E-state index contributed by atoms with van der Waals surface area (Å²) >= 11 is 0. The first-order valence-electron chi connectivity index (χ1n) is 7.58. The average molecular weight is 376 g/mol. The Labute approximate surface area is 157 Å². The van der Waals surface area contributed by atoms with Crippen LogP contribution in [-0.4, -0.2) is 19.9 Å². The number of hydrogen-bond acceptors (Lipinski definition) is 4. The second kappa shape index (κ2) is 10.1. The molecule has 0 aromatic carbocycles. The van der Waals surface area contributed by atoms with E-state index < -0.39 is 0 Å². The van der Waals surface area contributed by atoms with E-state index in [1.165, 1.54) is 0 Å². The van der Waals surface area contributed by atoms with E-state index in [4.69, 9.17) is 0 Å². The zero-order chi connectivity index (χ0) is 16.5. The molecule has 0 N–H and O–H groups in total. The molecule has 0 saturated carbocycles. The van der Waals surface area contributed by atoms with Crippen molar-refractivity contribution >= 4 is 0 Å². The van der Waals surface area contributed by atoms with Crippen LogP contribution < -0.4 is 0 Å². The maximum atomic E-state index is 4.19. The summed E-state index contributed by atoms with van der Waals surface area (Å²) in [5.74, 6) is 0. The predicted octanol–water partition coefficient (Wildman–Crippen LogP) is 4.28. The number of nitrogens with zero attached hydrogens (tertiary/aromatic N) is 4. The van der Waals surface area contributed by atoms with Gasteiger partial charge in [0, 0.05) is 41.9 Å². The molecule has 4 aromatic heterocycles. The summed E-state index contributed by atoms with van der Waals surface area (Å²) in [4.78, 5) is 16.7. The van der Waals surface area contributed by atoms with Crippen LogP contribution in [0, 0.1) is 0 Å². The standard InChI is InChI=1S/2C10H8N2.Cu/c2*1-3-7-11-9(5-1)10-6-2-4-8-12-10;/h2*1-8H;. The summed E-state index contributed by atoms with van der Waals surface area (Å²) in [5, 5.41) is 0. The zero-order valence-electron chi connectivity index (χ0n) is 13.3. The molecule has 0 atom stereocenters. The van der Waals surface area contributed by atoms with Crippen LogP contribution in [0.4, 0.5) is 0 Å². The molecule has 5 heteroatoms. The van der Waals surface area contributed by atoms with Crippen molar-refractivity contribution in [2.24, 2.45) is 0 Å². The van der Waals surface area contributed by atoms with Gasteiger partial charge < -0.3 is 0 Å². The van der Waals surface area contributed by atoms with Gasteiger partial charge in [-0.15, -0.1) is 0 Å². The molecule has 0 amide bonds. The maximum absolute atomic E-state index is 4.19. The van der Waals surface area contributed by atoms with Gasteiger partial charge in [-0.1, -0.05) is 24.3 Å². The van der Waals surface area contributed by atoms with Gasteiger partial charge in [-0.25, -0.2) is 0 Å².